The fourth-order valence-corrected chi connectivity index (χ4v) is 4.47. The average Bonchev–Trinajstić information content (AvgIpc) is 3.49. The fourth-order valence-electron chi connectivity index (χ4n) is 4.47. The van der Waals surface area contributed by atoms with Gasteiger partial charge in [0.15, 0.2) is 11.5 Å². The molecule has 1 saturated carbocycles. The monoisotopic (exact) mass is 445 g/mol. The molecule has 2 atom stereocenters. The number of H-pyrrole nitrogens is 1. The maximum absolute atomic E-state index is 13.2. The van der Waals surface area contributed by atoms with Gasteiger partial charge in [-0.25, -0.2) is 15.0 Å². The predicted octanol–water partition coefficient (Wildman–Crippen LogP) is 3.36. The highest BCUT2D eigenvalue weighted by molar-refractivity contribution is 5.98. The largest absolute Gasteiger partial charge is 0.382 e. The second-order valence-corrected chi connectivity index (χ2v) is 8.48. The number of imidazole rings is 1. The van der Waals surface area contributed by atoms with Gasteiger partial charge in [0.05, 0.1) is 11.8 Å². The summed E-state index contributed by atoms with van der Waals surface area (Å²) in [6.45, 7) is 1.99. The van der Waals surface area contributed by atoms with Crippen molar-refractivity contribution in [3.63, 3.8) is 0 Å². The Kier molecular flexibility index (Phi) is 5.55. The Hall–Kier alpha value is -3.72. The molecule has 2 unspecified atom stereocenters. The fraction of sp³-hybridized carbons (Fsp3) is 0.333. The van der Waals surface area contributed by atoms with Gasteiger partial charge in [-0.3, -0.25) is 4.79 Å². The quantitative estimate of drug-likeness (QED) is 0.433. The molecule has 4 N–H and O–H groups in total. The molecule has 0 aliphatic heterocycles. The zero-order valence-electron chi connectivity index (χ0n) is 18.7. The van der Waals surface area contributed by atoms with Crippen molar-refractivity contribution in [2.75, 3.05) is 12.8 Å². The first-order chi connectivity index (χ1) is 16.0. The minimum Gasteiger partial charge on any atom is -0.382 e. The second-order valence-electron chi connectivity index (χ2n) is 8.48. The standard InChI is InChI=1S/C24H27N7O2/c1-14-12-27-19-9-8-15(13-31(14)19)20-21(18-7-4-10-26-18)30-23(25)22(29-20)24(32)28-16-5-3-6-17(11-16)33-2/h4,7-10,12-13,16-17,26H,3,5-6,11H2,1-2H3,(H2,25,30)(H,28,32). The first kappa shape index (κ1) is 21.1. The number of nitrogens with one attached hydrogen (secondary N) is 2. The van der Waals surface area contributed by atoms with Crippen molar-refractivity contribution in [1.82, 2.24) is 29.7 Å². The van der Waals surface area contributed by atoms with Crippen LogP contribution in [0.15, 0.2) is 42.9 Å². The smallest absolute Gasteiger partial charge is 0.273 e. The number of ether oxygens (including phenoxy) is 1. The highest BCUT2D eigenvalue weighted by atomic mass is 16.5. The molecular formula is C24H27N7O2. The predicted molar refractivity (Wildman–Crippen MR) is 126 cm³/mol. The van der Waals surface area contributed by atoms with Crippen LogP contribution in [0.5, 0.6) is 0 Å². The molecule has 170 valence electrons. The van der Waals surface area contributed by atoms with Gasteiger partial charge < -0.3 is 25.2 Å². The van der Waals surface area contributed by atoms with Crippen molar-refractivity contribution in [1.29, 1.82) is 0 Å². The maximum atomic E-state index is 13.2. The number of nitrogen functional groups attached to an aromatic ring is 1. The molecular weight excluding hydrogens is 418 g/mol. The summed E-state index contributed by atoms with van der Waals surface area (Å²) in [5.41, 5.74) is 11.0. The highest BCUT2D eigenvalue weighted by Gasteiger charge is 2.26. The summed E-state index contributed by atoms with van der Waals surface area (Å²) in [5.74, 6) is -0.222. The van der Waals surface area contributed by atoms with Gasteiger partial charge in [-0.1, -0.05) is 0 Å². The second kappa shape index (κ2) is 8.67. The number of hydrogen-bond acceptors (Lipinski definition) is 6. The number of aromatic nitrogens is 5. The van der Waals surface area contributed by atoms with E-state index in [1.807, 2.05) is 54.2 Å². The van der Waals surface area contributed by atoms with Crippen LogP contribution >= 0.6 is 0 Å². The number of rotatable bonds is 5. The summed E-state index contributed by atoms with van der Waals surface area (Å²) in [7, 11) is 1.71. The summed E-state index contributed by atoms with van der Waals surface area (Å²) >= 11 is 0. The van der Waals surface area contributed by atoms with Gasteiger partial charge >= 0.3 is 0 Å². The van der Waals surface area contributed by atoms with Crippen LogP contribution in [0.4, 0.5) is 5.82 Å². The van der Waals surface area contributed by atoms with Crippen LogP contribution < -0.4 is 11.1 Å². The number of aromatic amines is 1. The van der Waals surface area contributed by atoms with Gasteiger partial charge in [-0.05, 0) is 56.9 Å². The Labute approximate surface area is 191 Å². The van der Waals surface area contributed by atoms with E-state index in [0.717, 1.165) is 48.3 Å². The summed E-state index contributed by atoms with van der Waals surface area (Å²) in [5, 5.41) is 3.08. The molecule has 33 heavy (non-hydrogen) atoms. The van der Waals surface area contributed by atoms with Crippen molar-refractivity contribution in [2.24, 2.45) is 0 Å². The van der Waals surface area contributed by atoms with Crippen LogP contribution in [0.25, 0.3) is 28.3 Å². The number of anilines is 1. The van der Waals surface area contributed by atoms with Crippen LogP contribution in [0.1, 0.15) is 41.9 Å². The van der Waals surface area contributed by atoms with Gasteiger partial charge in [0, 0.05) is 43.0 Å². The van der Waals surface area contributed by atoms with Crippen LogP contribution in [-0.4, -0.2) is 49.5 Å². The molecule has 0 spiro atoms. The Balaban J connectivity index is 1.55. The van der Waals surface area contributed by atoms with Crippen LogP contribution in [0.2, 0.25) is 0 Å². The Bertz CT molecular complexity index is 1300. The minimum atomic E-state index is -0.319. The molecule has 4 aromatic heterocycles. The van der Waals surface area contributed by atoms with Gasteiger partial charge in [-0.15, -0.1) is 0 Å². The summed E-state index contributed by atoms with van der Waals surface area (Å²) in [6, 6.07) is 7.66. The average molecular weight is 446 g/mol. The van der Waals surface area contributed by atoms with E-state index in [0.29, 0.717) is 11.4 Å². The normalized spacial score (nSPS) is 18.5. The van der Waals surface area contributed by atoms with E-state index in [1.54, 1.807) is 7.11 Å². The molecule has 4 heterocycles. The Morgan fingerprint density at radius 2 is 2.12 bits per heavy atom. The number of nitrogens with zero attached hydrogens (tertiary/aromatic N) is 4. The van der Waals surface area contributed by atoms with Crippen LogP contribution in [0, 0.1) is 6.92 Å². The van der Waals surface area contributed by atoms with Crippen LogP contribution in [0.3, 0.4) is 0 Å². The van der Waals surface area contributed by atoms with Crippen molar-refractivity contribution in [3.8, 4) is 22.6 Å². The van der Waals surface area contributed by atoms with E-state index in [9.17, 15) is 4.79 Å². The van der Waals surface area contributed by atoms with Gasteiger partial charge in [0.2, 0.25) is 0 Å². The van der Waals surface area contributed by atoms with Gasteiger partial charge in [0.1, 0.15) is 17.0 Å². The number of methoxy groups -OCH3 is 1. The lowest BCUT2D eigenvalue weighted by Crippen LogP contribution is -2.40. The number of pyridine rings is 1. The molecule has 0 aromatic carbocycles. The van der Waals surface area contributed by atoms with E-state index in [1.165, 1.54) is 0 Å². The Morgan fingerprint density at radius 1 is 1.24 bits per heavy atom. The number of hydrogen-bond donors (Lipinski definition) is 3. The lowest BCUT2D eigenvalue weighted by atomic mass is 9.93. The summed E-state index contributed by atoms with van der Waals surface area (Å²) in [6.07, 6.45) is 9.44. The minimum absolute atomic E-state index is 0.0221. The third-order valence-corrected chi connectivity index (χ3v) is 6.25. The third kappa shape index (κ3) is 4.07. The van der Waals surface area contributed by atoms with Crippen molar-refractivity contribution in [3.05, 3.63) is 54.2 Å². The summed E-state index contributed by atoms with van der Waals surface area (Å²) in [4.78, 5) is 30.1. The zero-order chi connectivity index (χ0) is 22.9. The van der Waals surface area contributed by atoms with Gasteiger partial charge in [0.25, 0.3) is 5.91 Å². The number of carbonyl (C=O) groups is 1. The number of fused-ring (bicyclic) bond motifs is 1. The van der Waals surface area contributed by atoms with Crippen molar-refractivity contribution in [2.45, 2.75) is 44.8 Å². The molecule has 1 aliphatic rings. The molecule has 1 fully saturated rings. The van der Waals surface area contributed by atoms with Crippen molar-refractivity contribution >= 4 is 17.4 Å². The number of carbonyl (C=O) groups excluding carboxylic acids is 1. The van der Waals surface area contributed by atoms with E-state index >= 15 is 0 Å². The first-order valence-electron chi connectivity index (χ1n) is 11.1. The molecule has 5 rings (SSSR count). The molecule has 1 amide bonds. The number of nitrogens with two attached hydrogens (primary N) is 1. The van der Waals surface area contributed by atoms with Crippen molar-refractivity contribution < 1.29 is 9.53 Å². The zero-order valence-corrected chi connectivity index (χ0v) is 18.7. The van der Waals surface area contributed by atoms with E-state index in [-0.39, 0.29) is 29.6 Å². The molecule has 0 saturated heterocycles. The lowest BCUT2D eigenvalue weighted by Gasteiger charge is -2.28. The molecule has 9 heteroatoms. The molecule has 9 nitrogen and oxygen atoms in total. The Morgan fingerprint density at radius 3 is 2.91 bits per heavy atom. The molecule has 0 bridgehead atoms. The molecule has 1 aliphatic carbocycles. The lowest BCUT2D eigenvalue weighted by molar-refractivity contribution is 0.0562. The van der Waals surface area contributed by atoms with E-state index in [4.69, 9.17) is 15.5 Å². The maximum Gasteiger partial charge on any atom is 0.273 e. The third-order valence-electron chi connectivity index (χ3n) is 6.25. The highest BCUT2D eigenvalue weighted by Crippen LogP contribution is 2.30. The van der Waals surface area contributed by atoms with E-state index in [2.05, 4.69) is 20.3 Å². The summed E-state index contributed by atoms with van der Waals surface area (Å²) < 4.78 is 7.47. The van der Waals surface area contributed by atoms with E-state index < -0.39 is 0 Å². The topological polar surface area (TPSA) is 123 Å². The van der Waals surface area contributed by atoms with Gasteiger partial charge in [-0.2, -0.15) is 0 Å². The number of aryl methyl sites for hydroxylation is 1. The molecule has 0 radical (unpaired) electrons. The first-order valence-corrected chi connectivity index (χ1v) is 11.1. The SMILES string of the molecule is COC1CCCC(NC(=O)c2nc(-c3ccc4ncc(C)n4c3)c(-c3ccc[nH]3)nc2N)C1. The number of amides is 1. The van der Waals surface area contributed by atoms with Crippen LogP contribution in [-0.2, 0) is 4.74 Å². The molecule has 4 aromatic rings.